The van der Waals surface area contributed by atoms with Gasteiger partial charge >= 0.3 is 0 Å². The van der Waals surface area contributed by atoms with E-state index in [9.17, 15) is 4.79 Å². The van der Waals surface area contributed by atoms with Crippen molar-refractivity contribution in [2.24, 2.45) is 0 Å². The molecule has 0 spiro atoms. The number of nitrogens with one attached hydrogen (secondary N) is 2. The molecule has 118 valence electrons. The number of aromatic amines is 1. The van der Waals surface area contributed by atoms with E-state index in [1.807, 2.05) is 13.0 Å². The van der Waals surface area contributed by atoms with E-state index in [1.54, 1.807) is 24.5 Å². The molecular weight excluding hydrogens is 298 g/mol. The van der Waals surface area contributed by atoms with E-state index in [-0.39, 0.29) is 17.6 Å². The lowest BCUT2D eigenvalue weighted by Crippen LogP contribution is -2.29. The second kappa shape index (κ2) is 6.77. The lowest BCUT2D eigenvalue weighted by Gasteiger charge is -2.12. The number of nitrogens with zero attached hydrogens (tertiary/aromatic N) is 5. The zero-order valence-corrected chi connectivity index (χ0v) is 12.4. The fourth-order valence-corrected chi connectivity index (χ4v) is 2.13. The van der Waals surface area contributed by atoms with Gasteiger partial charge in [-0.3, -0.25) is 9.78 Å². The Labute approximate surface area is 131 Å². The third kappa shape index (κ3) is 3.39. The molecule has 0 aliphatic carbocycles. The predicted molar refractivity (Wildman–Crippen MR) is 79.0 cm³/mol. The molecule has 0 aromatic carbocycles. The van der Waals surface area contributed by atoms with Gasteiger partial charge in [-0.05, 0) is 18.6 Å². The Bertz CT molecular complexity index is 755. The van der Waals surface area contributed by atoms with Crippen LogP contribution in [-0.2, 0) is 0 Å². The van der Waals surface area contributed by atoms with Crippen LogP contribution in [0.4, 0.5) is 0 Å². The number of pyridine rings is 1. The molecule has 3 aromatic rings. The minimum atomic E-state index is -0.354. The normalized spacial score (nSPS) is 12.0. The smallest absolute Gasteiger partial charge is 0.274 e. The van der Waals surface area contributed by atoms with Crippen molar-refractivity contribution in [2.75, 3.05) is 0 Å². The van der Waals surface area contributed by atoms with Crippen LogP contribution in [0.5, 0.6) is 0 Å². The first-order chi connectivity index (χ1) is 11.3. The maximum Gasteiger partial charge on any atom is 0.274 e. The maximum atomic E-state index is 12.3. The summed E-state index contributed by atoms with van der Waals surface area (Å²) in [6.45, 7) is 2.01. The van der Waals surface area contributed by atoms with Crippen molar-refractivity contribution in [3.63, 3.8) is 0 Å². The molecule has 23 heavy (non-hydrogen) atoms. The van der Waals surface area contributed by atoms with Crippen LogP contribution in [0.2, 0.25) is 0 Å². The van der Waals surface area contributed by atoms with E-state index in [4.69, 9.17) is 4.52 Å². The molecular formula is C14H15N7O2. The van der Waals surface area contributed by atoms with Gasteiger partial charge in [0.15, 0.2) is 17.3 Å². The Kier molecular flexibility index (Phi) is 4.37. The number of carbonyl (C=O) groups excluding carboxylic acids is 1. The van der Waals surface area contributed by atoms with E-state index < -0.39 is 0 Å². The predicted octanol–water partition coefficient (Wildman–Crippen LogP) is 1.52. The van der Waals surface area contributed by atoms with Crippen molar-refractivity contribution in [3.8, 4) is 11.3 Å². The molecule has 3 rings (SSSR count). The molecule has 3 aromatic heterocycles. The summed E-state index contributed by atoms with van der Waals surface area (Å²) < 4.78 is 5.20. The van der Waals surface area contributed by atoms with Crippen molar-refractivity contribution in [2.45, 2.75) is 25.8 Å². The summed E-state index contributed by atoms with van der Waals surface area (Å²) in [4.78, 5) is 16.3. The van der Waals surface area contributed by atoms with E-state index in [0.717, 1.165) is 12.0 Å². The average Bonchev–Trinajstić information content (AvgIpc) is 3.27. The van der Waals surface area contributed by atoms with Crippen LogP contribution < -0.4 is 5.32 Å². The van der Waals surface area contributed by atoms with Gasteiger partial charge < -0.3 is 9.84 Å². The first-order valence-electron chi connectivity index (χ1n) is 7.19. The van der Waals surface area contributed by atoms with Gasteiger partial charge in [0.05, 0.1) is 6.04 Å². The van der Waals surface area contributed by atoms with Crippen LogP contribution in [0.25, 0.3) is 11.3 Å². The summed E-state index contributed by atoms with van der Waals surface area (Å²) >= 11 is 0. The SMILES string of the molecule is CCCC(NC(=O)c1cc(-c2cccnc2)on1)c1nn[nH]n1. The fraction of sp³-hybridized carbons (Fsp3) is 0.286. The number of rotatable bonds is 6. The first-order valence-corrected chi connectivity index (χ1v) is 7.19. The van der Waals surface area contributed by atoms with E-state index >= 15 is 0 Å². The highest BCUT2D eigenvalue weighted by atomic mass is 16.5. The molecule has 2 N–H and O–H groups in total. The summed E-state index contributed by atoms with van der Waals surface area (Å²) in [5, 5.41) is 20.4. The second-order valence-corrected chi connectivity index (χ2v) is 4.90. The van der Waals surface area contributed by atoms with Gasteiger partial charge in [-0.25, -0.2) is 0 Å². The zero-order chi connectivity index (χ0) is 16.1. The van der Waals surface area contributed by atoms with Crippen molar-refractivity contribution < 1.29 is 9.32 Å². The number of amides is 1. The maximum absolute atomic E-state index is 12.3. The van der Waals surface area contributed by atoms with Gasteiger partial charge in [0, 0.05) is 24.0 Å². The minimum Gasteiger partial charge on any atom is -0.355 e. The highest BCUT2D eigenvalue weighted by Gasteiger charge is 2.21. The van der Waals surface area contributed by atoms with Crippen molar-refractivity contribution in [3.05, 3.63) is 42.1 Å². The Balaban J connectivity index is 1.74. The van der Waals surface area contributed by atoms with Crippen LogP contribution in [0.3, 0.4) is 0 Å². The standard InChI is InChI=1S/C14H15N7O2/c1-2-4-10(13-17-20-21-18-13)16-14(22)11-7-12(23-19-11)9-5-3-6-15-8-9/h3,5-8,10H,2,4H2,1H3,(H,16,22)(H,17,18,20,21). The van der Waals surface area contributed by atoms with Gasteiger partial charge in [0.1, 0.15) is 0 Å². The molecule has 0 bridgehead atoms. The van der Waals surface area contributed by atoms with E-state index in [1.165, 1.54) is 0 Å². The topological polar surface area (TPSA) is 122 Å². The Morgan fingerprint density at radius 3 is 3.09 bits per heavy atom. The number of hydrogen-bond donors (Lipinski definition) is 2. The number of carbonyl (C=O) groups is 1. The zero-order valence-electron chi connectivity index (χ0n) is 12.4. The quantitative estimate of drug-likeness (QED) is 0.707. The largest absolute Gasteiger partial charge is 0.355 e. The summed E-state index contributed by atoms with van der Waals surface area (Å²) in [5.41, 5.74) is 0.941. The highest BCUT2D eigenvalue weighted by Crippen LogP contribution is 2.20. The molecule has 1 amide bonds. The van der Waals surface area contributed by atoms with Gasteiger partial charge in [0.2, 0.25) is 0 Å². The number of aromatic nitrogens is 6. The Morgan fingerprint density at radius 2 is 2.39 bits per heavy atom. The number of H-pyrrole nitrogens is 1. The molecule has 0 saturated carbocycles. The van der Waals surface area contributed by atoms with Crippen LogP contribution in [0, 0.1) is 0 Å². The van der Waals surface area contributed by atoms with Crippen LogP contribution in [0.15, 0.2) is 35.1 Å². The second-order valence-electron chi connectivity index (χ2n) is 4.90. The van der Waals surface area contributed by atoms with Crippen LogP contribution >= 0.6 is 0 Å². The lowest BCUT2D eigenvalue weighted by atomic mass is 10.1. The molecule has 0 aliphatic heterocycles. The van der Waals surface area contributed by atoms with Crippen LogP contribution in [0.1, 0.15) is 42.1 Å². The summed E-state index contributed by atoms with van der Waals surface area (Å²) in [5.74, 6) is 0.568. The van der Waals surface area contributed by atoms with Gasteiger partial charge in [-0.2, -0.15) is 5.21 Å². The first kappa shape index (κ1) is 14.8. The average molecular weight is 313 g/mol. The van der Waals surface area contributed by atoms with Gasteiger partial charge in [-0.15, -0.1) is 10.2 Å². The van der Waals surface area contributed by atoms with Crippen molar-refractivity contribution in [1.82, 2.24) is 36.1 Å². The molecule has 9 heteroatoms. The molecule has 3 heterocycles. The number of tetrazole rings is 1. The minimum absolute atomic E-state index is 0.188. The molecule has 9 nitrogen and oxygen atoms in total. The Hall–Kier alpha value is -3.10. The summed E-state index contributed by atoms with van der Waals surface area (Å²) in [7, 11) is 0. The molecule has 0 fully saturated rings. The third-order valence-corrected chi connectivity index (χ3v) is 3.24. The van der Waals surface area contributed by atoms with E-state index in [2.05, 4.69) is 36.1 Å². The molecule has 0 radical (unpaired) electrons. The Morgan fingerprint density at radius 1 is 1.48 bits per heavy atom. The monoisotopic (exact) mass is 313 g/mol. The fourth-order valence-electron chi connectivity index (χ4n) is 2.13. The molecule has 0 aliphatic rings. The molecule has 1 atom stereocenters. The summed E-state index contributed by atoms with van der Waals surface area (Å²) in [6, 6.07) is 4.86. The molecule has 1 unspecified atom stereocenters. The number of hydrogen-bond acceptors (Lipinski definition) is 7. The van der Waals surface area contributed by atoms with Crippen LogP contribution in [-0.4, -0.2) is 36.7 Å². The van der Waals surface area contributed by atoms with Gasteiger partial charge in [0.25, 0.3) is 5.91 Å². The highest BCUT2D eigenvalue weighted by molar-refractivity contribution is 5.93. The van der Waals surface area contributed by atoms with Crippen molar-refractivity contribution in [1.29, 1.82) is 0 Å². The molecule has 0 saturated heterocycles. The third-order valence-electron chi connectivity index (χ3n) is 3.24. The lowest BCUT2D eigenvalue weighted by molar-refractivity contribution is 0.0923. The van der Waals surface area contributed by atoms with Crippen molar-refractivity contribution >= 4 is 5.91 Å². The van der Waals surface area contributed by atoms with Gasteiger partial charge in [-0.1, -0.05) is 23.7 Å². The summed E-state index contributed by atoms with van der Waals surface area (Å²) in [6.07, 6.45) is 4.85. The van der Waals surface area contributed by atoms with E-state index in [0.29, 0.717) is 18.0 Å².